The summed E-state index contributed by atoms with van der Waals surface area (Å²) in [6.45, 7) is 17.0. The number of methoxy groups -OCH3 is 2. The summed E-state index contributed by atoms with van der Waals surface area (Å²) in [5.41, 5.74) is 1.69. The number of rotatable bonds is 14. The van der Waals surface area contributed by atoms with E-state index < -0.39 is 108 Å². The van der Waals surface area contributed by atoms with Crippen molar-refractivity contribution in [1.82, 2.24) is 35.3 Å². The number of aromatic nitrogens is 2. The minimum Gasteiger partial charge on any atom is -0.460 e. The van der Waals surface area contributed by atoms with Crippen LogP contribution in [0.3, 0.4) is 0 Å². The fourth-order valence-electron chi connectivity index (χ4n) is 13.0. The molecule has 5 aliphatic rings. The first kappa shape index (κ1) is 73.8. The summed E-state index contributed by atoms with van der Waals surface area (Å²) in [5.74, 6) is -9.00. The van der Waals surface area contributed by atoms with Gasteiger partial charge < -0.3 is 64.3 Å². The van der Waals surface area contributed by atoms with E-state index in [1.807, 2.05) is 63.0 Å². The molecule has 5 heterocycles. The molecule has 1 saturated carbocycles. The van der Waals surface area contributed by atoms with Crippen molar-refractivity contribution in [3.63, 3.8) is 0 Å². The highest BCUT2D eigenvalue weighted by molar-refractivity contribution is 6.39. The molecule has 0 aromatic carbocycles. The Balaban J connectivity index is 1.12. The van der Waals surface area contributed by atoms with Gasteiger partial charge in [-0.1, -0.05) is 71.1 Å². The topological polar surface area (TPSA) is 306 Å². The van der Waals surface area contributed by atoms with E-state index in [4.69, 9.17) is 23.7 Å². The molecule has 1 aliphatic carbocycles. The van der Waals surface area contributed by atoms with Gasteiger partial charge in [0, 0.05) is 109 Å². The van der Waals surface area contributed by atoms with Crippen LogP contribution in [0.2, 0.25) is 0 Å². The molecule has 0 unspecified atom stereocenters. The lowest BCUT2D eigenvalue weighted by Gasteiger charge is -2.42. The molecule has 24 nitrogen and oxygen atoms in total. The molecule has 2 bridgehead atoms. The first-order chi connectivity index (χ1) is 43.3. The molecular formula is C67H102N8O16. The normalized spacial score (nSPS) is 33.1. The number of anilines is 1. The Hall–Kier alpha value is -6.28. The lowest BCUT2D eigenvalue weighted by atomic mass is 9.78. The Morgan fingerprint density at radius 1 is 0.824 bits per heavy atom. The highest BCUT2D eigenvalue weighted by atomic mass is 16.6. The number of carbonyl (C=O) groups is 8. The number of esters is 1. The number of allylic oxidation sites excluding steroid dienone is 6. The van der Waals surface area contributed by atoms with Gasteiger partial charge in [-0.05, 0) is 121 Å². The molecule has 1 aromatic rings. The Morgan fingerprint density at radius 2 is 1.54 bits per heavy atom. The number of piperidine rings is 1. The minimum absolute atomic E-state index is 0.0305. The van der Waals surface area contributed by atoms with E-state index in [-0.39, 0.29) is 80.4 Å². The van der Waals surface area contributed by atoms with Crippen molar-refractivity contribution < 1.29 is 77.4 Å². The van der Waals surface area contributed by atoms with Gasteiger partial charge >= 0.3 is 12.1 Å². The maximum Gasteiger partial charge on any atom is 0.407 e. The second kappa shape index (κ2) is 35.1. The minimum atomic E-state index is -2.49. The van der Waals surface area contributed by atoms with Crippen molar-refractivity contribution in [2.45, 2.75) is 194 Å². The molecule has 506 valence electrons. The van der Waals surface area contributed by atoms with Gasteiger partial charge in [0.25, 0.3) is 11.7 Å². The molecule has 6 rings (SSSR count). The molecule has 5 N–H and O–H groups in total. The molecule has 4 amide bonds. The Bertz CT molecular complexity index is 2770. The lowest BCUT2D eigenvalue weighted by molar-refractivity contribution is -0.265. The van der Waals surface area contributed by atoms with Crippen LogP contribution in [0.25, 0.3) is 0 Å². The van der Waals surface area contributed by atoms with Crippen molar-refractivity contribution >= 4 is 53.1 Å². The SMILES string of the molecule is CCNC(=O)CN(C)CC(=O)N1CCN(c2ncc(CNC(=O)O[C@@H]3CC[C@@H](C[C@@H](C)[C@@H]4CC(=O)[C@H](C)/C=C(\C)[C@@H](O)[C@@H](O)C(=O)[C@H](C)C[C@H](C)/C=C/C=C/C=C(\C)[C@@H](OC)C[C@@H]5CC[C@@H](C)[C@@](O)(O5)C(=O)C(=O)N5CCCC[C@H]5C(=O)O4)C[C@H]3OC)cn2)CC1. The first-order valence-electron chi connectivity index (χ1n) is 32.6. The number of hydrogen-bond donors (Lipinski definition) is 5. The van der Waals surface area contributed by atoms with Gasteiger partial charge in [0.2, 0.25) is 23.5 Å². The molecule has 91 heavy (non-hydrogen) atoms. The monoisotopic (exact) mass is 1270 g/mol. The number of aliphatic hydroxyl groups is 3. The van der Waals surface area contributed by atoms with Crippen molar-refractivity contribution in [2.75, 3.05) is 78.5 Å². The molecule has 15 atom stereocenters. The average molecular weight is 1280 g/mol. The smallest absolute Gasteiger partial charge is 0.407 e. The van der Waals surface area contributed by atoms with Crippen molar-refractivity contribution in [1.29, 1.82) is 0 Å². The molecular weight excluding hydrogens is 1170 g/mol. The number of fused-ring (bicyclic) bond motifs is 3. The fourth-order valence-corrected chi connectivity index (χ4v) is 13.0. The molecule has 0 radical (unpaired) electrons. The third-order valence-corrected chi connectivity index (χ3v) is 18.7. The van der Waals surface area contributed by atoms with Crippen molar-refractivity contribution in [2.24, 2.45) is 35.5 Å². The number of carbonyl (C=O) groups excluding carboxylic acids is 8. The number of alkyl carbamates (subject to hydrolysis) is 1. The van der Waals surface area contributed by atoms with E-state index in [0.717, 1.165) is 10.5 Å². The van der Waals surface area contributed by atoms with Crippen LogP contribution in [-0.4, -0.2) is 215 Å². The third-order valence-electron chi connectivity index (χ3n) is 18.7. The first-order valence-corrected chi connectivity index (χ1v) is 32.6. The summed E-state index contributed by atoms with van der Waals surface area (Å²) in [6.07, 6.45) is 11.1. The van der Waals surface area contributed by atoms with Crippen LogP contribution in [0, 0.1) is 35.5 Å². The number of nitrogens with one attached hydrogen (secondary N) is 2. The van der Waals surface area contributed by atoms with Crippen LogP contribution in [0.4, 0.5) is 10.7 Å². The Morgan fingerprint density at radius 3 is 2.22 bits per heavy atom. The molecule has 4 fully saturated rings. The maximum absolute atomic E-state index is 14.7. The highest BCUT2D eigenvalue weighted by Gasteiger charge is 2.53. The van der Waals surface area contributed by atoms with Gasteiger partial charge in [-0.15, -0.1) is 0 Å². The number of hydrogen-bond acceptors (Lipinski definition) is 20. The predicted octanol–water partition coefficient (Wildman–Crippen LogP) is 4.97. The molecule has 0 spiro atoms. The van der Waals surface area contributed by atoms with E-state index >= 15 is 0 Å². The molecule has 3 saturated heterocycles. The molecule has 1 aromatic heterocycles. The van der Waals surface area contributed by atoms with Crippen molar-refractivity contribution in [3.8, 4) is 0 Å². The lowest BCUT2D eigenvalue weighted by Crippen LogP contribution is -2.61. The Labute approximate surface area is 536 Å². The summed E-state index contributed by atoms with van der Waals surface area (Å²) in [7, 11) is 4.83. The van der Waals surface area contributed by atoms with E-state index in [1.54, 1.807) is 57.1 Å². The number of piperazine rings is 1. The maximum atomic E-state index is 14.7. The number of Topliss-reactive ketones (excluding diaryl/α,β-unsaturated/α-hetero) is 3. The van der Waals surface area contributed by atoms with Crippen LogP contribution < -0.4 is 15.5 Å². The standard InChI is InChI=1S/C67H102N8O16/c1-12-68-57(77)39-72(9)40-58(78)73-26-28-74(29-27-73)65-69-36-49(37-70-65)38-71-66(85)90-53-24-22-48(33-56(53)88-11)32-44(5)55-35-52(76)43(4)31-46(7)60(80)61(81)59(79)45(6)30-41(2)18-14-13-15-19-42(3)54(87-10)34-50-23-21-47(8)67(86,91-50)62(82)63(83)75-25-17-16-20-51(75)64(84)89-55/h13-15,18-19,31,36-37,41,43-45,47-48,50-51,53-56,60-61,80-81,86H,12,16-17,20-30,32-35,38-40H2,1-11H3,(H,68,77)(H,71,85)/b15-13+,18-14+,42-19+,46-31+/t41-,43-,44-,45-,47-,48+,50+,51+,53-,54+,55+,56-,60-,61+,67-/m1/s1. The van der Waals surface area contributed by atoms with Crippen LogP contribution in [-0.2, 0) is 63.8 Å². The largest absolute Gasteiger partial charge is 0.460 e. The zero-order valence-electron chi connectivity index (χ0n) is 55.4. The van der Waals surface area contributed by atoms with Crippen LogP contribution in [0.1, 0.15) is 138 Å². The summed E-state index contributed by atoms with van der Waals surface area (Å²) in [6, 6.07) is -1.22. The number of aliphatic hydroxyl groups excluding tert-OH is 2. The van der Waals surface area contributed by atoms with Crippen LogP contribution in [0.15, 0.2) is 60.0 Å². The number of cyclic esters (lactones) is 1. The average Bonchev–Trinajstić information content (AvgIpc) is 3.73. The summed E-state index contributed by atoms with van der Waals surface area (Å²) in [4.78, 5) is 125. The second-order valence-corrected chi connectivity index (χ2v) is 26.0. The Kier molecular flexibility index (Phi) is 28.5. The van der Waals surface area contributed by atoms with E-state index in [0.29, 0.717) is 102 Å². The second-order valence-electron chi connectivity index (χ2n) is 26.0. The quantitative estimate of drug-likeness (QED) is 0.0933. The number of ether oxygens (including phenoxy) is 5. The van der Waals surface area contributed by atoms with Crippen LogP contribution in [0.5, 0.6) is 0 Å². The van der Waals surface area contributed by atoms with E-state index in [2.05, 4.69) is 20.6 Å². The zero-order chi connectivity index (χ0) is 66.7. The highest BCUT2D eigenvalue weighted by Crippen LogP contribution is 2.38. The number of nitrogens with zero attached hydrogens (tertiary/aromatic N) is 6. The summed E-state index contributed by atoms with van der Waals surface area (Å²) in [5, 5.41) is 40.1. The molecule has 4 aliphatic heterocycles. The van der Waals surface area contributed by atoms with Crippen LogP contribution >= 0.6 is 0 Å². The fraction of sp³-hybridized carbons (Fsp3) is 0.701. The van der Waals surface area contributed by atoms with Gasteiger partial charge in [0.15, 0.2) is 5.78 Å². The van der Waals surface area contributed by atoms with Gasteiger partial charge in [0.05, 0.1) is 31.4 Å². The zero-order valence-corrected chi connectivity index (χ0v) is 55.4. The van der Waals surface area contributed by atoms with Gasteiger partial charge in [-0.25, -0.2) is 19.6 Å². The van der Waals surface area contributed by atoms with Gasteiger partial charge in [-0.3, -0.25) is 33.7 Å². The van der Waals surface area contributed by atoms with E-state index in [1.165, 1.54) is 20.1 Å². The van der Waals surface area contributed by atoms with Gasteiger partial charge in [-0.2, -0.15) is 0 Å². The summed E-state index contributed by atoms with van der Waals surface area (Å²) >= 11 is 0. The predicted molar refractivity (Wildman–Crippen MR) is 338 cm³/mol. The summed E-state index contributed by atoms with van der Waals surface area (Å²) < 4.78 is 30.2. The van der Waals surface area contributed by atoms with Crippen molar-refractivity contribution in [3.05, 3.63) is 65.6 Å². The molecule has 24 heteroatoms. The third kappa shape index (κ3) is 20.9. The number of amides is 4. The number of ketones is 3. The van der Waals surface area contributed by atoms with E-state index in [9.17, 15) is 53.7 Å². The number of likely N-dealkylation sites (N-methyl/N-ethyl adjacent to an activating group) is 2. The van der Waals surface area contributed by atoms with Gasteiger partial charge in [0.1, 0.15) is 36.2 Å².